The maximum Gasteiger partial charge on any atom is 0.407 e. The van der Waals surface area contributed by atoms with Crippen molar-refractivity contribution < 1.29 is 19.1 Å². The molecule has 0 radical (unpaired) electrons. The normalized spacial score (nSPS) is 10.7. The minimum atomic E-state index is -0.534. The highest BCUT2D eigenvalue weighted by Gasteiger charge is 2.15. The molecular weight excluding hydrogens is 310 g/mol. The van der Waals surface area contributed by atoms with Crippen LogP contribution in [-0.4, -0.2) is 44.5 Å². The summed E-state index contributed by atoms with van der Waals surface area (Å²) in [4.78, 5) is 23.1. The van der Waals surface area contributed by atoms with Gasteiger partial charge in [-0.3, -0.25) is 0 Å². The van der Waals surface area contributed by atoms with Crippen LogP contribution in [0.1, 0.15) is 26.3 Å². The highest BCUT2D eigenvalue weighted by atomic mass is 16.6. The lowest BCUT2D eigenvalue weighted by molar-refractivity contribution is 0.0528. The molecule has 0 aliphatic heterocycles. The number of alkyl carbamates (subject to hydrolysis) is 1. The summed E-state index contributed by atoms with van der Waals surface area (Å²) in [5, 5.41) is 7.99. The van der Waals surface area contributed by atoms with Gasteiger partial charge in [0.15, 0.2) is 0 Å². The Bertz CT molecular complexity index is 541. The number of amides is 3. The minimum Gasteiger partial charge on any atom is -0.496 e. The number of nitrogens with one attached hydrogen (secondary N) is 3. The van der Waals surface area contributed by atoms with Crippen molar-refractivity contribution in [2.45, 2.75) is 32.8 Å². The SMILES string of the molecule is COc1ccccc1CCNC(=O)NCCNC(=O)OC(C)(C)C. The molecule has 24 heavy (non-hydrogen) atoms. The molecule has 134 valence electrons. The van der Waals surface area contributed by atoms with Gasteiger partial charge in [0.2, 0.25) is 0 Å². The lowest BCUT2D eigenvalue weighted by Gasteiger charge is -2.19. The molecule has 0 spiro atoms. The Balaban J connectivity index is 2.15. The largest absolute Gasteiger partial charge is 0.496 e. The summed E-state index contributed by atoms with van der Waals surface area (Å²) < 4.78 is 10.3. The number of hydrogen-bond donors (Lipinski definition) is 3. The van der Waals surface area contributed by atoms with Crippen LogP contribution in [0.2, 0.25) is 0 Å². The molecule has 0 aliphatic rings. The number of carbonyl (C=O) groups excluding carboxylic acids is 2. The summed E-state index contributed by atoms with van der Waals surface area (Å²) in [5.74, 6) is 0.807. The van der Waals surface area contributed by atoms with Crippen LogP contribution in [0.25, 0.3) is 0 Å². The van der Waals surface area contributed by atoms with E-state index in [-0.39, 0.29) is 6.03 Å². The summed E-state index contributed by atoms with van der Waals surface area (Å²) in [6.07, 6.45) is 0.175. The van der Waals surface area contributed by atoms with Crippen LogP contribution in [-0.2, 0) is 11.2 Å². The highest BCUT2D eigenvalue weighted by Crippen LogP contribution is 2.17. The monoisotopic (exact) mass is 337 g/mol. The molecule has 0 unspecified atom stereocenters. The Morgan fingerprint density at radius 2 is 1.62 bits per heavy atom. The molecule has 0 saturated carbocycles. The third-order valence-electron chi connectivity index (χ3n) is 2.95. The zero-order valence-corrected chi connectivity index (χ0v) is 14.8. The smallest absolute Gasteiger partial charge is 0.407 e. The Morgan fingerprint density at radius 3 is 2.29 bits per heavy atom. The molecule has 0 aromatic heterocycles. The van der Waals surface area contributed by atoms with Crippen LogP contribution in [0.3, 0.4) is 0 Å². The molecule has 1 rings (SSSR count). The van der Waals surface area contributed by atoms with Gasteiger partial charge in [-0.1, -0.05) is 18.2 Å². The predicted octanol–water partition coefficient (Wildman–Crippen LogP) is 2.06. The zero-order chi connectivity index (χ0) is 18.0. The van der Waals surface area contributed by atoms with Crippen molar-refractivity contribution >= 4 is 12.1 Å². The molecule has 3 N–H and O–H groups in total. The van der Waals surface area contributed by atoms with E-state index in [9.17, 15) is 9.59 Å². The second-order valence-electron chi connectivity index (χ2n) is 6.17. The van der Waals surface area contributed by atoms with Gasteiger partial charge in [-0.2, -0.15) is 0 Å². The van der Waals surface area contributed by atoms with Gasteiger partial charge >= 0.3 is 12.1 Å². The van der Waals surface area contributed by atoms with Crippen LogP contribution in [0, 0.1) is 0 Å². The van der Waals surface area contributed by atoms with Crippen LogP contribution in [0.15, 0.2) is 24.3 Å². The van der Waals surface area contributed by atoms with Gasteiger partial charge in [-0.05, 0) is 38.8 Å². The third kappa shape index (κ3) is 8.26. The van der Waals surface area contributed by atoms with Gasteiger partial charge in [0.25, 0.3) is 0 Å². The topological polar surface area (TPSA) is 88.7 Å². The molecular formula is C17H27N3O4. The van der Waals surface area contributed by atoms with Crippen LogP contribution in [0.4, 0.5) is 9.59 Å². The number of hydrogen-bond acceptors (Lipinski definition) is 4. The second-order valence-corrected chi connectivity index (χ2v) is 6.17. The highest BCUT2D eigenvalue weighted by molar-refractivity contribution is 5.74. The van der Waals surface area contributed by atoms with Gasteiger partial charge in [0.1, 0.15) is 11.4 Å². The first-order valence-electron chi connectivity index (χ1n) is 7.92. The second kappa shape index (κ2) is 9.64. The number of ether oxygens (including phenoxy) is 2. The average molecular weight is 337 g/mol. The first-order valence-corrected chi connectivity index (χ1v) is 7.92. The standard InChI is InChI=1S/C17H27N3O4/c1-17(2,3)24-16(22)20-12-11-19-15(21)18-10-9-13-7-5-6-8-14(13)23-4/h5-8H,9-12H2,1-4H3,(H,20,22)(H2,18,19,21). The Kier molecular flexibility index (Phi) is 7.88. The molecule has 7 heteroatoms. The quantitative estimate of drug-likeness (QED) is 0.665. The maximum absolute atomic E-state index is 11.7. The molecule has 3 amide bonds. The molecule has 0 fully saturated rings. The van der Waals surface area contributed by atoms with Gasteiger partial charge in [-0.25, -0.2) is 9.59 Å². The van der Waals surface area contributed by atoms with E-state index in [1.165, 1.54) is 0 Å². The van der Waals surface area contributed by atoms with Gasteiger partial charge in [-0.15, -0.1) is 0 Å². The fourth-order valence-corrected chi connectivity index (χ4v) is 1.94. The van der Waals surface area contributed by atoms with E-state index in [1.54, 1.807) is 27.9 Å². The van der Waals surface area contributed by atoms with Crippen molar-refractivity contribution in [3.63, 3.8) is 0 Å². The van der Waals surface area contributed by atoms with Gasteiger partial charge < -0.3 is 25.4 Å². The van der Waals surface area contributed by atoms with Crippen molar-refractivity contribution in [1.29, 1.82) is 0 Å². The van der Waals surface area contributed by atoms with Gasteiger partial charge in [0, 0.05) is 19.6 Å². The number of carbonyl (C=O) groups is 2. The number of methoxy groups -OCH3 is 1. The molecule has 1 aromatic carbocycles. The Morgan fingerprint density at radius 1 is 1.00 bits per heavy atom. The van der Waals surface area contributed by atoms with E-state index in [4.69, 9.17) is 9.47 Å². The lowest BCUT2D eigenvalue weighted by atomic mass is 10.1. The first kappa shape index (κ1) is 19.6. The van der Waals surface area contributed by atoms with Crippen molar-refractivity contribution in [3.05, 3.63) is 29.8 Å². The van der Waals surface area contributed by atoms with Crippen LogP contribution >= 0.6 is 0 Å². The average Bonchev–Trinajstić information content (AvgIpc) is 2.50. The number of para-hydroxylation sites is 1. The third-order valence-corrected chi connectivity index (χ3v) is 2.95. The summed E-state index contributed by atoms with van der Waals surface area (Å²) in [6.45, 7) is 6.49. The van der Waals surface area contributed by atoms with E-state index in [0.717, 1.165) is 11.3 Å². The predicted molar refractivity (Wildman–Crippen MR) is 92.3 cm³/mol. The molecule has 0 heterocycles. The summed E-state index contributed by atoms with van der Waals surface area (Å²) in [6, 6.07) is 7.40. The molecule has 0 bridgehead atoms. The van der Waals surface area contributed by atoms with E-state index in [2.05, 4.69) is 16.0 Å². The zero-order valence-electron chi connectivity index (χ0n) is 14.8. The lowest BCUT2D eigenvalue weighted by Crippen LogP contribution is -2.41. The molecule has 0 aliphatic carbocycles. The van der Waals surface area contributed by atoms with Gasteiger partial charge in [0.05, 0.1) is 7.11 Å². The van der Waals surface area contributed by atoms with E-state index in [0.29, 0.717) is 26.1 Å². The molecule has 0 atom stereocenters. The van der Waals surface area contributed by atoms with Crippen LogP contribution < -0.4 is 20.7 Å². The molecule has 7 nitrogen and oxygen atoms in total. The van der Waals surface area contributed by atoms with Crippen LogP contribution in [0.5, 0.6) is 5.75 Å². The number of rotatable bonds is 7. The van der Waals surface area contributed by atoms with E-state index >= 15 is 0 Å². The van der Waals surface area contributed by atoms with Crippen molar-refractivity contribution in [2.75, 3.05) is 26.7 Å². The fraction of sp³-hybridized carbons (Fsp3) is 0.529. The molecule has 1 aromatic rings. The summed E-state index contributed by atoms with van der Waals surface area (Å²) in [5.41, 5.74) is 0.500. The molecule has 0 saturated heterocycles. The van der Waals surface area contributed by atoms with E-state index in [1.807, 2.05) is 24.3 Å². The van der Waals surface area contributed by atoms with Crippen molar-refractivity contribution in [3.8, 4) is 5.75 Å². The van der Waals surface area contributed by atoms with Crippen molar-refractivity contribution in [2.24, 2.45) is 0 Å². The number of urea groups is 1. The fourth-order valence-electron chi connectivity index (χ4n) is 1.94. The summed E-state index contributed by atoms with van der Waals surface area (Å²) in [7, 11) is 1.62. The number of benzene rings is 1. The van der Waals surface area contributed by atoms with Crippen molar-refractivity contribution in [1.82, 2.24) is 16.0 Å². The minimum absolute atomic E-state index is 0.282. The Labute approximate surface area is 143 Å². The first-order chi connectivity index (χ1) is 11.3. The summed E-state index contributed by atoms with van der Waals surface area (Å²) >= 11 is 0. The maximum atomic E-state index is 11.7. The van der Waals surface area contributed by atoms with E-state index < -0.39 is 11.7 Å². The Hall–Kier alpha value is -2.44.